The van der Waals surface area contributed by atoms with Gasteiger partial charge in [0.15, 0.2) is 0 Å². The van der Waals surface area contributed by atoms with Crippen LogP contribution in [0.15, 0.2) is 10.9 Å². The average Bonchev–Trinajstić information content (AvgIpc) is 2.52. The summed E-state index contributed by atoms with van der Waals surface area (Å²) >= 11 is 0. The first kappa shape index (κ1) is 17.8. The van der Waals surface area contributed by atoms with Crippen LogP contribution in [0.1, 0.15) is 68.7 Å². The molecule has 128 valence electrons. The van der Waals surface area contributed by atoms with Crippen molar-refractivity contribution in [2.75, 3.05) is 0 Å². The molecular formula is C19H30N2O2. The van der Waals surface area contributed by atoms with Crippen molar-refractivity contribution in [3.05, 3.63) is 33.2 Å². The SMILES string of the molecule is CCCCC1CCC(C(=O)NCc2c(C)cc(C)[nH]c2=O)CC1. The smallest absolute Gasteiger partial charge is 0.253 e. The minimum atomic E-state index is -0.0916. The normalized spacial score (nSPS) is 21.2. The average molecular weight is 318 g/mol. The first-order valence-corrected chi connectivity index (χ1v) is 8.98. The fourth-order valence-corrected chi connectivity index (χ4v) is 3.63. The van der Waals surface area contributed by atoms with Gasteiger partial charge in [0.05, 0.1) is 0 Å². The Morgan fingerprint density at radius 2 is 1.96 bits per heavy atom. The van der Waals surface area contributed by atoms with Crippen LogP contribution in [0.5, 0.6) is 0 Å². The van der Waals surface area contributed by atoms with E-state index in [9.17, 15) is 9.59 Å². The summed E-state index contributed by atoms with van der Waals surface area (Å²) in [7, 11) is 0. The molecule has 0 aliphatic heterocycles. The Bertz CT molecular complexity index is 584. The fourth-order valence-electron chi connectivity index (χ4n) is 3.63. The van der Waals surface area contributed by atoms with E-state index in [0.29, 0.717) is 12.1 Å². The molecule has 2 rings (SSSR count). The second-order valence-corrected chi connectivity index (χ2v) is 7.02. The molecule has 0 bridgehead atoms. The Morgan fingerprint density at radius 3 is 2.57 bits per heavy atom. The van der Waals surface area contributed by atoms with Crippen LogP contribution in [0.2, 0.25) is 0 Å². The van der Waals surface area contributed by atoms with Gasteiger partial charge in [0, 0.05) is 23.7 Å². The molecule has 1 aromatic heterocycles. The van der Waals surface area contributed by atoms with Gasteiger partial charge in [-0.2, -0.15) is 0 Å². The van der Waals surface area contributed by atoms with Crippen molar-refractivity contribution in [1.82, 2.24) is 10.3 Å². The summed E-state index contributed by atoms with van der Waals surface area (Å²) < 4.78 is 0. The number of carbonyl (C=O) groups excluding carboxylic acids is 1. The van der Waals surface area contributed by atoms with Crippen LogP contribution in [0.4, 0.5) is 0 Å². The second kappa shape index (κ2) is 8.32. The van der Waals surface area contributed by atoms with E-state index >= 15 is 0 Å². The van der Waals surface area contributed by atoms with Crippen LogP contribution in [-0.2, 0) is 11.3 Å². The summed E-state index contributed by atoms with van der Waals surface area (Å²) in [6.45, 7) is 6.35. The Morgan fingerprint density at radius 1 is 1.26 bits per heavy atom. The molecule has 1 aliphatic carbocycles. The zero-order valence-corrected chi connectivity index (χ0v) is 14.7. The third-order valence-electron chi connectivity index (χ3n) is 5.12. The summed E-state index contributed by atoms with van der Waals surface area (Å²) in [4.78, 5) is 27.1. The molecule has 0 unspecified atom stereocenters. The lowest BCUT2D eigenvalue weighted by Crippen LogP contribution is -2.34. The topological polar surface area (TPSA) is 62.0 Å². The van der Waals surface area contributed by atoms with E-state index in [4.69, 9.17) is 0 Å². The molecule has 0 saturated heterocycles. The largest absolute Gasteiger partial charge is 0.352 e. The van der Waals surface area contributed by atoms with Crippen LogP contribution in [0.25, 0.3) is 0 Å². The van der Waals surface area contributed by atoms with E-state index in [1.807, 2.05) is 19.9 Å². The van der Waals surface area contributed by atoms with E-state index < -0.39 is 0 Å². The molecule has 2 N–H and O–H groups in total. The van der Waals surface area contributed by atoms with Crippen LogP contribution in [-0.4, -0.2) is 10.9 Å². The number of amides is 1. The van der Waals surface area contributed by atoms with Gasteiger partial charge < -0.3 is 10.3 Å². The Hall–Kier alpha value is -1.58. The standard InChI is InChI=1S/C19H30N2O2/c1-4-5-6-15-7-9-16(10-8-15)18(22)20-12-17-13(2)11-14(3)21-19(17)23/h11,15-16H,4-10,12H2,1-3H3,(H,20,22)(H,21,23). The predicted octanol–water partition coefficient (Wildman–Crippen LogP) is 3.60. The number of aromatic nitrogens is 1. The molecular weight excluding hydrogens is 288 g/mol. The molecule has 0 spiro atoms. The molecule has 0 aromatic carbocycles. The van der Waals surface area contributed by atoms with Gasteiger partial charge in [0.2, 0.25) is 5.91 Å². The van der Waals surface area contributed by atoms with Crippen LogP contribution < -0.4 is 10.9 Å². The monoisotopic (exact) mass is 318 g/mol. The number of nitrogens with one attached hydrogen (secondary N) is 2. The molecule has 4 nitrogen and oxygen atoms in total. The van der Waals surface area contributed by atoms with Gasteiger partial charge in [-0.25, -0.2) is 0 Å². The van der Waals surface area contributed by atoms with Crippen molar-refractivity contribution in [2.24, 2.45) is 11.8 Å². The molecule has 4 heteroatoms. The van der Waals surface area contributed by atoms with Gasteiger partial charge in [-0.3, -0.25) is 9.59 Å². The lowest BCUT2D eigenvalue weighted by Gasteiger charge is -2.27. The molecule has 1 fully saturated rings. The van der Waals surface area contributed by atoms with E-state index in [-0.39, 0.29) is 17.4 Å². The molecule has 0 radical (unpaired) electrons. The van der Waals surface area contributed by atoms with Gasteiger partial charge in [0.1, 0.15) is 0 Å². The molecule has 1 amide bonds. The number of unbranched alkanes of at least 4 members (excludes halogenated alkanes) is 1. The number of carbonyl (C=O) groups is 1. The number of hydrogen-bond acceptors (Lipinski definition) is 2. The van der Waals surface area contributed by atoms with E-state index in [0.717, 1.165) is 30.0 Å². The third-order valence-corrected chi connectivity index (χ3v) is 5.12. The fraction of sp³-hybridized carbons (Fsp3) is 0.684. The minimum Gasteiger partial charge on any atom is -0.352 e. The van der Waals surface area contributed by atoms with Crippen LogP contribution in [0.3, 0.4) is 0 Å². The molecule has 23 heavy (non-hydrogen) atoms. The molecule has 1 aliphatic rings. The van der Waals surface area contributed by atoms with E-state index in [2.05, 4.69) is 17.2 Å². The highest BCUT2D eigenvalue weighted by molar-refractivity contribution is 5.78. The zero-order valence-electron chi connectivity index (χ0n) is 14.7. The van der Waals surface area contributed by atoms with Gasteiger partial charge in [-0.15, -0.1) is 0 Å². The molecule has 1 aromatic rings. The van der Waals surface area contributed by atoms with E-state index in [1.54, 1.807) is 0 Å². The number of hydrogen-bond donors (Lipinski definition) is 2. The van der Waals surface area contributed by atoms with Crippen LogP contribution in [0, 0.1) is 25.7 Å². The highest BCUT2D eigenvalue weighted by Gasteiger charge is 2.25. The summed E-state index contributed by atoms with van der Waals surface area (Å²) in [6.07, 6.45) is 8.18. The first-order chi connectivity index (χ1) is 11.0. The molecule has 1 heterocycles. The zero-order chi connectivity index (χ0) is 16.8. The number of pyridine rings is 1. The minimum absolute atomic E-state index is 0.0916. The Balaban J connectivity index is 1.83. The highest BCUT2D eigenvalue weighted by atomic mass is 16.2. The number of aromatic amines is 1. The maximum absolute atomic E-state index is 12.4. The van der Waals surface area contributed by atoms with Crippen molar-refractivity contribution in [1.29, 1.82) is 0 Å². The van der Waals surface area contributed by atoms with E-state index in [1.165, 1.54) is 32.1 Å². The lowest BCUT2D eigenvalue weighted by atomic mass is 9.79. The van der Waals surface area contributed by atoms with Crippen LogP contribution >= 0.6 is 0 Å². The highest BCUT2D eigenvalue weighted by Crippen LogP contribution is 2.31. The van der Waals surface area contributed by atoms with Crippen molar-refractivity contribution in [3.8, 4) is 0 Å². The summed E-state index contributed by atoms with van der Waals surface area (Å²) in [6, 6.07) is 1.95. The van der Waals surface area contributed by atoms with Crippen molar-refractivity contribution in [3.63, 3.8) is 0 Å². The number of aryl methyl sites for hydroxylation is 2. The molecule has 0 atom stereocenters. The number of H-pyrrole nitrogens is 1. The quantitative estimate of drug-likeness (QED) is 0.842. The van der Waals surface area contributed by atoms with Crippen molar-refractivity contribution >= 4 is 5.91 Å². The predicted molar refractivity (Wildman–Crippen MR) is 93.4 cm³/mol. The van der Waals surface area contributed by atoms with Gasteiger partial charge in [0.25, 0.3) is 5.56 Å². The Kier molecular flexibility index (Phi) is 6.43. The summed E-state index contributed by atoms with van der Waals surface area (Å²) in [5.41, 5.74) is 2.37. The second-order valence-electron chi connectivity index (χ2n) is 7.02. The maximum atomic E-state index is 12.4. The van der Waals surface area contributed by atoms with Crippen molar-refractivity contribution < 1.29 is 4.79 Å². The van der Waals surface area contributed by atoms with Gasteiger partial charge in [-0.1, -0.05) is 26.2 Å². The summed E-state index contributed by atoms with van der Waals surface area (Å²) in [5, 5.41) is 2.97. The lowest BCUT2D eigenvalue weighted by molar-refractivity contribution is -0.126. The van der Waals surface area contributed by atoms with Crippen molar-refractivity contribution in [2.45, 2.75) is 72.3 Å². The summed E-state index contributed by atoms with van der Waals surface area (Å²) in [5.74, 6) is 1.04. The first-order valence-electron chi connectivity index (χ1n) is 8.98. The van der Waals surface area contributed by atoms with Gasteiger partial charge >= 0.3 is 0 Å². The molecule has 1 saturated carbocycles. The van der Waals surface area contributed by atoms with Gasteiger partial charge in [-0.05, 0) is 57.1 Å². The Labute approximate surface area is 139 Å². The number of rotatable bonds is 6. The third kappa shape index (κ3) is 4.95. The maximum Gasteiger partial charge on any atom is 0.253 e.